The van der Waals surface area contributed by atoms with Crippen molar-refractivity contribution in [2.45, 2.75) is 26.8 Å². The van der Waals surface area contributed by atoms with E-state index in [1.807, 2.05) is 18.2 Å². The first kappa shape index (κ1) is 11.6. The van der Waals surface area contributed by atoms with Crippen LogP contribution in [0.15, 0.2) is 22.7 Å². The molecular formula is C12H16BrN3. The smallest absolute Gasteiger partial charge is 0.124 e. The molecule has 16 heavy (non-hydrogen) atoms. The Labute approximate surface area is 104 Å². The second-order valence-corrected chi connectivity index (χ2v) is 6.04. The Morgan fingerprint density at radius 3 is 2.69 bits per heavy atom. The SMILES string of the molecule is CC(C)(C)C(N)c1nc2ccc(Br)cc2[nH]1. The van der Waals surface area contributed by atoms with E-state index >= 15 is 0 Å². The average molecular weight is 282 g/mol. The fraction of sp³-hybridized carbons (Fsp3) is 0.417. The predicted octanol–water partition coefficient (Wildman–Crippen LogP) is 3.37. The lowest BCUT2D eigenvalue weighted by Crippen LogP contribution is -2.27. The van der Waals surface area contributed by atoms with Crippen LogP contribution in [0.5, 0.6) is 0 Å². The van der Waals surface area contributed by atoms with Gasteiger partial charge in [-0.15, -0.1) is 0 Å². The summed E-state index contributed by atoms with van der Waals surface area (Å²) in [5, 5.41) is 0. The number of hydrogen-bond acceptors (Lipinski definition) is 2. The van der Waals surface area contributed by atoms with Gasteiger partial charge in [0.25, 0.3) is 0 Å². The minimum Gasteiger partial charge on any atom is -0.341 e. The Hall–Kier alpha value is -0.870. The molecule has 0 saturated heterocycles. The molecule has 0 aliphatic heterocycles. The summed E-state index contributed by atoms with van der Waals surface area (Å²) in [5.41, 5.74) is 8.15. The highest BCUT2D eigenvalue weighted by atomic mass is 79.9. The van der Waals surface area contributed by atoms with Crippen molar-refractivity contribution in [1.29, 1.82) is 0 Å². The van der Waals surface area contributed by atoms with Gasteiger partial charge < -0.3 is 10.7 Å². The van der Waals surface area contributed by atoms with E-state index in [-0.39, 0.29) is 11.5 Å². The van der Waals surface area contributed by atoms with Gasteiger partial charge in [0.05, 0.1) is 17.1 Å². The molecule has 1 aromatic carbocycles. The number of nitrogens with two attached hydrogens (primary N) is 1. The minimum absolute atomic E-state index is 0.00507. The summed E-state index contributed by atoms with van der Waals surface area (Å²) >= 11 is 3.44. The van der Waals surface area contributed by atoms with E-state index < -0.39 is 0 Å². The highest BCUT2D eigenvalue weighted by Crippen LogP contribution is 2.30. The molecule has 1 aromatic heterocycles. The van der Waals surface area contributed by atoms with Crippen molar-refractivity contribution < 1.29 is 0 Å². The number of aromatic nitrogens is 2. The highest BCUT2D eigenvalue weighted by molar-refractivity contribution is 9.10. The van der Waals surface area contributed by atoms with Gasteiger partial charge in [-0.25, -0.2) is 4.98 Å². The molecule has 3 N–H and O–H groups in total. The first-order chi connectivity index (χ1) is 7.38. The number of nitrogens with zero attached hydrogens (tertiary/aromatic N) is 1. The number of halogens is 1. The van der Waals surface area contributed by atoms with Crippen molar-refractivity contribution in [3.63, 3.8) is 0 Å². The second-order valence-electron chi connectivity index (χ2n) is 5.13. The summed E-state index contributed by atoms with van der Waals surface area (Å²) in [6.07, 6.45) is 0. The summed E-state index contributed by atoms with van der Waals surface area (Å²) in [5.74, 6) is 0.848. The molecule has 0 aliphatic carbocycles. The Kier molecular flexibility index (Phi) is 2.80. The summed E-state index contributed by atoms with van der Waals surface area (Å²) < 4.78 is 1.04. The quantitative estimate of drug-likeness (QED) is 0.842. The normalized spacial score (nSPS) is 14.3. The topological polar surface area (TPSA) is 54.7 Å². The molecule has 3 nitrogen and oxygen atoms in total. The van der Waals surface area contributed by atoms with Gasteiger partial charge in [0.15, 0.2) is 0 Å². The highest BCUT2D eigenvalue weighted by Gasteiger charge is 2.24. The Balaban J connectivity index is 2.47. The second kappa shape index (κ2) is 3.86. The number of aromatic amines is 1. The molecule has 1 atom stereocenters. The van der Waals surface area contributed by atoms with Crippen molar-refractivity contribution in [2.75, 3.05) is 0 Å². The van der Waals surface area contributed by atoms with E-state index in [0.717, 1.165) is 21.3 Å². The molecule has 2 rings (SSSR count). The summed E-state index contributed by atoms with van der Waals surface area (Å²) in [6, 6.07) is 5.89. The Bertz CT molecular complexity index is 510. The van der Waals surface area contributed by atoms with Crippen LogP contribution in [0.2, 0.25) is 0 Å². The molecule has 0 fully saturated rings. The molecule has 1 heterocycles. The molecular weight excluding hydrogens is 266 g/mol. The van der Waals surface area contributed by atoms with Gasteiger partial charge in [-0.05, 0) is 23.6 Å². The van der Waals surface area contributed by atoms with Gasteiger partial charge in [-0.2, -0.15) is 0 Å². The van der Waals surface area contributed by atoms with Crippen LogP contribution >= 0.6 is 15.9 Å². The van der Waals surface area contributed by atoms with Gasteiger partial charge in [0.1, 0.15) is 5.82 Å². The van der Waals surface area contributed by atoms with Crippen LogP contribution in [0.25, 0.3) is 11.0 Å². The van der Waals surface area contributed by atoms with Crippen molar-refractivity contribution in [2.24, 2.45) is 11.1 Å². The third-order valence-corrected chi connectivity index (χ3v) is 3.18. The van der Waals surface area contributed by atoms with E-state index in [1.165, 1.54) is 0 Å². The zero-order valence-electron chi connectivity index (χ0n) is 9.71. The minimum atomic E-state index is -0.0846. The summed E-state index contributed by atoms with van der Waals surface area (Å²) in [7, 11) is 0. The molecule has 4 heteroatoms. The number of benzene rings is 1. The van der Waals surface area contributed by atoms with E-state index in [0.29, 0.717) is 0 Å². The van der Waals surface area contributed by atoms with Crippen LogP contribution in [0, 0.1) is 5.41 Å². The summed E-state index contributed by atoms with van der Waals surface area (Å²) in [6.45, 7) is 6.34. The lowest BCUT2D eigenvalue weighted by atomic mass is 9.87. The van der Waals surface area contributed by atoms with Gasteiger partial charge in [0, 0.05) is 4.47 Å². The molecule has 0 bridgehead atoms. The zero-order chi connectivity index (χ0) is 11.9. The largest absolute Gasteiger partial charge is 0.341 e. The van der Waals surface area contributed by atoms with Crippen LogP contribution in [-0.4, -0.2) is 9.97 Å². The van der Waals surface area contributed by atoms with Crippen LogP contribution in [0.3, 0.4) is 0 Å². The van der Waals surface area contributed by atoms with Crippen molar-refractivity contribution in [1.82, 2.24) is 9.97 Å². The Morgan fingerprint density at radius 2 is 2.06 bits per heavy atom. The molecule has 0 radical (unpaired) electrons. The van der Waals surface area contributed by atoms with E-state index in [1.54, 1.807) is 0 Å². The zero-order valence-corrected chi connectivity index (χ0v) is 11.3. The van der Waals surface area contributed by atoms with E-state index in [9.17, 15) is 0 Å². The maximum atomic E-state index is 6.17. The molecule has 0 saturated carbocycles. The number of nitrogens with one attached hydrogen (secondary N) is 1. The van der Waals surface area contributed by atoms with Crippen LogP contribution in [-0.2, 0) is 0 Å². The monoisotopic (exact) mass is 281 g/mol. The third-order valence-electron chi connectivity index (χ3n) is 2.69. The lowest BCUT2D eigenvalue weighted by molar-refractivity contribution is 0.317. The van der Waals surface area contributed by atoms with Crippen LogP contribution in [0.1, 0.15) is 32.6 Å². The number of H-pyrrole nitrogens is 1. The average Bonchev–Trinajstić information content (AvgIpc) is 2.57. The first-order valence-corrected chi connectivity index (χ1v) is 6.08. The molecule has 0 spiro atoms. The fourth-order valence-corrected chi connectivity index (χ4v) is 1.92. The fourth-order valence-electron chi connectivity index (χ4n) is 1.56. The lowest BCUT2D eigenvalue weighted by Gasteiger charge is -2.24. The number of rotatable bonds is 1. The Morgan fingerprint density at radius 1 is 1.38 bits per heavy atom. The number of fused-ring (bicyclic) bond motifs is 1. The molecule has 86 valence electrons. The maximum absolute atomic E-state index is 6.17. The summed E-state index contributed by atoms with van der Waals surface area (Å²) in [4.78, 5) is 7.80. The van der Waals surface area contributed by atoms with Gasteiger partial charge in [-0.1, -0.05) is 36.7 Å². The van der Waals surface area contributed by atoms with Gasteiger partial charge in [-0.3, -0.25) is 0 Å². The maximum Gasteiger partial charge on any atom is 0.124 e. The standard InChI is InChI=1S/C12H16BrN3/c1-12(2,3)10(14)11-15-8-5-4-7(13)6-9(8)16-11/h4-6,10H,14H2,1-3H3,(H,15,16). The predicted molar refractivity (Wildman–Crippen MR) is 70.2 cm³/mol. The van der Waals surface area contributed by atoms with E-state index in [2.05, 4.69) is 46.7 Å². The molecule has 2 aromatic rings. The van der Waals surface area contributed by atoms with Gasteiger partial charge >= 0.3 is 0 Å². The number of hydrogen-bond donors (Lipinski definition) is 2. The van der Waals surface area contributed by atoms with E-state index in [4.69, 9.17) is 5.73 Å². The van der Waals surface area contributed by atoms with Crippen molar-refractivity contribution in [3.05, 3.63) is 28.5 Å². The first-order valence-electron chi connectivity index (χ1n) is 5.28. The molecule has 0 aliphatic rings. The van der Waals surface area contributed by atoms with Gasteiger partial charge in [0.2, 0.25) is 0 Å². The van der Waals surface area contributed by atoms with Crippen molar-refractivity contribution in [3.8, 4) is 0 Å². The van der Waals surface area contributed by atoms with Crippen LogP contribution in [0.4, 0.5) is 0 Å². The molecule has 1 unspecified atom stereocenters. The van der Waals surface area contributed by atoms with Crippen LogP contribution < -0.4 is 5.73 Å². The van der Waals surface area contributed by atoms with Crippen molar-refractivity contribution >= 4 is 27.0 Å². The molecule has 0 amide bonds. The third kappa shape index (κ3) is 2.13. The number of imidazole rings is 1.